The first-order valence-corrected chi connectivity index (χ1v) is 5.23. The molecule has 0 fully saturated rings. The van der Waals surface area contributed by atoms with E-state index in [1.165, 1.54) is 12.1 Å². The fourth-order valence-electron chi connectivity index (χ4n) is 1.65. The molecule has 0 spiro atoms. The summed E-state index contributed by atoms with van der Waals surface area (Å²) in [7, 11) is 1.84. The minimum absolute atomic E-state index is 0.295. The standard InChI is InChI=1S/C12H13F2N3/c1-17-6-12(16-7-17)11(15)4-8-2-3-9(13)5-10(8)14/h2-3,5-7,11H,4,15H2,1H3. The maximum absolute atomic E-state index is 13.4. The molecule has 1 aromatic heterocycles. The first kappa shape index (κ1) is 11.7. The fourth-order valence-corrected chi connectivity index (χ4v) is 1.65. The molecule has 2 rings (SSSR count). The van der Waals surface area contributed by atoms with Crippen LogP contribution in [-0.4, -0.2) is 9.55 Å². The van der Waals surface area contributed by atoms with Crippen molar-refractivity contribution in [3.8, 4) is 0 Å². The molecule has 0 aliphatic heterocycles. The molecule has 17 heavy (non-hydrogen) atoms. The van der Waals surface area contributed by atoms with Crippen LogP contribution in [0.3, 0.4) is 0 Å². The Labute approximate surface area is 97.9 Å². The van der Waals surface area contributed by atoms with Crippen molar-refractivity contribution in [3.63, 3.8) is 0 Å². The van der Waals surface area contributed by atoms with Gasteiger partial charge in [-0.1, -0.05) is 6.07 Å². The molecule has 0 saturated carbocycles. The van der Waals surface area contributed by atoms with E-state index in [0.717, 1.165) is 6.07 Å². The summed E-state index contributed by atoms with van der Waals surface area (Å²) in [6.45, 7) is 0. The lowest BCUT2D eigenvalue weighted by Gasteiger charge is -2.09. The van der Waals surface area contributed by atoms with Crippen LogP contribution in [0.5, 0.6) is 0 Å². The molecule has 2 N–H and O–H groups in total. The zero-order chi connectivity index (χ0) is 12.4. The molecule has 0 aliphatic carbocycles. The van der Waals surface area contributed by atoms with E-state index in [2.05, 4.69) is 4.98 Å². The Morgan fingerprint density at radius 3 is 2.76 bits per heavy atom. The molecule has 1 atom stereocenters. The Kier molecular flexibility index (Phi) is 3.19. The number of hydrogen-bond donors (Lipinski definition) is 1. The summed E-state index contributed by atoms with van der Waals surface area (Å²) in [6, 6.07) is 3.11. The van der Waals surface area contributed by atoms with Crippen LogP contribution < -0.4 is 5.73 Å². The predicted molar refractivity (Wildman–Crippen MR) is 60.2 cm³/mol. The SMILES string of the molecule is Cn1cnc(C(N)Cc2ccc(F)cc2F)c1. The van der Waals surface area contributed by atoms with Crippen molar-refractivity contribution in [3.05, 3.63) is 53.6 Å². The number of halogens is 2. The van der Waals surface area contributed by atoms with Crippen molar-refractivity contribution in [1.82, 2.24) is 9.55 Å². The number of hydrogen-bond acceptors (Lipinski definition) is 2. The van der Waals surface area contributed by atoms with Gasteiger partial charge in [-0.25, -0.2) is 13.8 Å². The minimum Gasteiger partial charge on any atom is -0.340 e. The Morgan fingerprint density at radius 2 is 2.18 bits per heavy atom. The van der Waals surface area contributed by atoms with Crippen molar-refractivity contribution in [2.24, 2.45) is 12.8 Å². The van der Waals surface area contributed by atoms with Gasteiger partial charge in [-0.15, -0.1) is 0 Å². The van der Waals surface area contributed by atoms with Crippen LogP contribution in [0.25, 0.3) is 0 Å². The zero-order valence-corrected chi connectivity index (χ0v) is 9.40. The quantitative estimate of drug-likeness (QED) is 0.886. The predicted octanol–water partition coefficient (Wildman–Crippen LogP) is 1.94. The molecule has 0 saturated heterocycles. The Hall–Kier alpha value is -1.75. The largest absolute Gasteiger partial charge is 0.340 e. The first-order chi connectivity index (χ1) is 8.06. The summed E-state index contributed by atoms with van der Waals surface area (Å²) in [6.07, 6.45) is 3.71. The first-order valence-electron chi connectivity index (χ1n) is 5.23. The van der Waals surface area contributed by atoms with Crippen LogP contribution in [0.15, 0.2) is 30.7 Å². The molecule has 0 amide bonds. The molecule has 0 aliphatic rings. The van der Waals surface area contributed by atoms with Crippen LogP contribution in [0.4, 0.5) is 8.78 Å². The van der Waals surface area contributed by atoms with Crippen LogP contribution in [-0.2, 0) is 13.5 Å². The summed E-state index contributed by atoms with van der Waals surface area (Å²) in [4.78, 5) is 4.10. The molecule has 2 aromatic rings. The topological polar surface area (TPSA) is 43.8 Å². The Morgan fingerprint density at radius 1 is 1.41 bits per heavy atom. The molecule has 5 heteroatoms. The minimum atomic E-state index is -0.586. The Bertz CT molecular complexity index is 522. The van der Waals surface area contributed by atoms with Gasteiger partial charge in [0.2, 0.25) is 0 Å². The monoisotopic (exact) mass is 237 g/mol. The molecule has 1 aromatic carbocycles. The molecular formula is C12H13F2N3. The highest BCUT2D eigenvalue weighted by Crippen LogP contribution is 2.17. The molecule has 90 valence electrons. The lowest BCUT2D eigenvalue weighted by molar-refractivity contribution is 0.561. The van der Waals surface area contributed by atoms with Crippen molar-refractivity contribution in [1.29, 1.82) is 0 Å². The van der Waals surface area contributed by atoms with Gasteiger partial charge in [0, 0.05) is 19.3 Å². The lowest BCUT2D eigenvalue weighted by Crippen LogP contribution is -2.14. The van der Waals surface area contributed by atoms with E-state index in [1.54, 1.807) is 17.1 Å². The highest BCUT2D eigenvalue weighted by molar-refractivity contribution is 5.21. The Balaban J connectivity index is 2.15. The summed E-state index contributed by atoms with van der Waals surface area (Å²) in [5.74, 6) is -1.16. The van der Waals surface area contributed by atoms with E-state index in [-0.39, 0.29) is 0 Å². The lowest BCUT2D eigenvalue weighted by atomic mass is 10.0. The number of aromatic nitrogens is 2. The van der Waals surface area contributed by atoms with E-state index < -0.39 is 17.7 Å². The summed E-state index contributed by atoms with van der Waals surface area (Å²) < 4.78 is 27.9. The molecular weight excluding hydrogens is 224 g/mol. The second kappa shape index (κ2) is 4.63. The van der Waals surface area contributed by atoms with E-state index >= 15 is 0 Å². The van der Waals surface area contributed by atoms with Gasteiger partial charge in [-0.3, -0.25) is 0 Å². The van der Waals surface area contributed by atoms with Gasteiger partial charge < -0.3 is 10.3 Å². The number of nitrogens with zero attached hydrogens (tertiary/aromatic N) is 2. The maximum Gasteiger partial charge on any atom is 0.129 e. The van der Waals surface area contributed by atoms with Gasteiger partial charge >= 0.3 is 0 Å². The summed E-state index contributed by atoms with van der Waals surface area (Å²) in [5.41, 5.74) is 7.00. The van der Waals surface area contributed by atoms with E-state index in [9.17, 15) is 8.78 Å². The zero-order valence-electron chi connectivity index (χ0n) is 9.40. The van der Waals surface area contributed by atoms with Gasteiger partial charge in [0.05, 0.1) is 18.1 Å². The van der Waals surface area contributed by atoms with Crippen molar-refractivity contribution < 1.29 is 8.78 Å². The molecule has 1 heterocycles. The molecule has 0 bridgehead atoms. The van der Waals surface area contributed by atoms with Gasteiger partial charge in [0.1, 0.15) is 11.6 Å². The fraction of sp³-hybridized carbons (Fsp3) is 0.250. The number of rotatable bonds is 3. The van der Waals surface area contributed by atoms with Gasteiger partial charge in [0.25, 0.3) is 0 Å². The number of imidazole rings is 1. The molecule has 0 radical (unpaired) electrons. The second-order valence-corrected chi connectivity index (χ2v) is 4.01. The van der Waals surface area contributed by atoms with Crippen molar-refractivity contribution >= 4 is 0 Å². The third-order valence-corrected chi connectivity index (χ3v) is 2.56. The van der Waals surface area contributed by atoms with Crippen LogP contribution >= 0.6 is 0 Å². The third kappa shape index (κ3) is 2.68. The number of nitrogens with two attached hydrogens (primary N) is 1. The summed E-state index contributed by atoms with van der Waals surface area (Å²) >= 11 is 0. The van der Waals surface area contributed by atoms with Crippen LogP contribution in [0, 0.1) is 11.6 Å². The summed E-state index contributed by atoms with van der Waals surface area (Å²) in [5, 5.41) is 0. The molecule has 3 nitrogen and oxygen atoms in total. The molecule has 1 unspecified atom stereocenters. The smallest absolute Gasteiger partial charge is 0.129 e. The van der Waals surface area contributed by atoms with E-state index in [4.69, 9.17) is 5.73 Å². The normalized spacial score (nSPS) is 12.7. The van der Waals surface area contributed by atoms with Gasteiger partial charge in [0.15, 0.2) is 0 Å². The average molecular weight is 237 g/mol. The van der Waals surface area contributed by atoms with Crippen LogP contribution in [0.1, 0.15) is 17.3 Å². The number of aryl methyl sites for hydroxylation is 1. The van der Waals surface area contributed by atoms with Gasteiger partial charge in [-0.2, -0.15) is 0 Å². The average Bonchev–Trinajstić information content (AvgIpc) is 2.69. The highest BCUT2D eigenvalue weighted by Gasteiger charge is 2.12. The maximum atomic E-state index is 13.4. The van der Waals surface area contributed by atoms with Gasteiger partial charge in [-0.05, 0) is 18.1 Å². The third-order valence-electron chi connectivity index (χ3n) is 2.56. The van der Waals surface area contributed by atoms with Crippen LogP contribution in [0.2, 0.25) is 0 Å². The van der Waals surface area contributed by atoms with Crippen molar-refractivity contribution in [2.75, 3.05) is 0 Å². The van der Waals surface area contributed by atoms with Crippen molar-refractivity contribution in [2.45, 2.75) is 12.5 Å². The second-order valence-electron chi connectivity index (χ2n) is 4.01. The van der Waals surface area contributed by atoms with E-state index in [1.807, 2.05) is 7.05 Å². The highest BCUT2D eigenvalue weighted by atomic mass is 19.1. The number of benzene rings is 1. The van der Waals surface area contributed by atoms with E-state index in [0.29, 0.717) is 17.7 Å².